The van der Waals surface area contributed by atoms with Gasteiger partial charge in [-0.3, -0.25) is 4.98 Å². The highest BCUT2D eigenvalue weighted by Crippen LogP contribution is 2.32. The fraction of sp³-hybridized carbons (Fsp3) is 0.0625. The van der Waals surface area contributed by atoms with E-state index in [-0.39, 0.29) is 0 Å². The lowest BCUT2D eigenvalue weighted by Crippen LogP contribution is -1.83. The first-order valence-corrected chi connectivity index (χ1v) is 6.73. The van der Waals surface area contributed by atoms with Crippen LogP contribution in [0.25, 0.3) is 10.9 Å². The Morgan fingerprint density at radius 1 is 0.944 bits per heavy atom. The summed E-state index contributed by atoms with van der Waals surface area (Å²) in [7, 11) is 0. The number of pyridine rings is 1. The van der Waals surface area contributed by atoms with E-state index in [1.807, 2.05) is 12.3 Å². The van der Waals surface area contributed by atoms with Gasteiger partial charge in [0.2, 0.25) is 0 Å². The van der Waals surface area contributed by atoms with Crippen molar-refractivity contribution in [2.45, 2.75) is 16.7 Å². The molecule has 0 saturated heterocycles. The minimum Gasteiger partial charge on any atom is -0.256 e. The number of hydrogen-bond acceptors (Lipinski definition) is 2. The summed E-state index contributed by atoms with van der Waals surface area (Å²) in [6, 6.07) is 18.9. The highest BCUT2D eigenvalue weighted by Gasteiger charge is 2.03. The molecule has 0 aliphatic heterocycles. The van der Waals surface area contributed by atoms with Crippen molar-refractivity contribution >= 4 is 22.7 Å². The number of fused-ring (bicyclic) bond motifs is 1. The molecule has 0 unspecified atom stereocenters. The van der Waals surface area contributed by atoms with Gasteiger partial charge in [-0.05, 0) is 36.8 Å². The van der Waals surface area contributed by atoms with Crippen LogP contribution in [-0.4, -0.2) is 4.98 Å². The van der Waals surface area contributed by atoms with Gasteiger partial charge < -0.3 is 0 Å². The first-order valence-electron chi connectivity index (χ1n) is 5.91. The molecule has 0 fully saturated rings. The highest BCUT2D eigenvalue weighted by atomic mass is 32.2. The molecule has 2 aromatic carbocycles. The number of aryl methyl sites for hydroxylation is 1. The minimum atomic E-state index is 1.07. The van der Waals surface area contributed by atoms with Crippen LogP contribution in [0.3, 0.4) is 0 Å². The third kappa shape index (κ3) is 2.24. The molecule has 0 atom stereocenters. The van der Waals surface area contributed by atoms with Crippen molar-refractivity contribution in [2.24, 2.45) is 0 Å². The quantitative estimate of drug-likeness (QED) is 0.655. The third-order valence-corrected chi connectivity index (χ3v) is 3.91. The van der Waals surface area contributed by atoms with Crippen LogP contribution in [0.2, 0.25) is 0 Å². The zero-order chi connectivity index (χ0) is 12.4. The smallest absolute Gasteiger partial charge is 0.0715 e. The van der Waals surface area contributed by atoms with Crippen molar-refractivity contribution < 1.29 is 0 Å². The summed E-state index contributed by atoms with van der Waals surface area (Å²) >= 11 is 1.78. The second-order valence-electron chi connectivity index (χ2n) is 4.24. The summed E-state index contributed by atoms with van der Waals surface area (Å²) in [4.78, 5) is 6.94. The molecule has 1 heterocycles. The first-order chi connectivity index (χ1) is 8.83. The van der Waals surface area contributed by atoms with E-state index in [9.17, 15) is 0 Å². The van der Waals surface area contributed by atoms with Crippen LogP contribution in [-0.2, 0) is 0 Å². The molecule has 3 aromatic rings. The summed E-state index contributed by atoms with van der Waals surface area (Å²) in [5, 5.41) is 1.22. The van der Waals surface area contributed by atoms with E-state index in [0.29, 0.717) is 0 Å². The molecule has 1 aromatic heterocycles. The summed E-state index contributed by atoms with van der Waals surface area (Å²) < 4.78 is 0. The van der Waals surface area contributed by atoms with E-state index in [2.05, 4.69) is 60.4 Å². The van der Waals surface area contributed by atoms with Gasteiger partial charge in [0.15, 0.2) is 0 Å². The van der Waals surface area contributed by atoms with Crippen LogP contribution in [0.1, 0.15) is 5.56 Å². The molecular formula is C16H13NS. The van der Waals surface area contributed by atoms with Gasteiger partial charge in [0, 0.05) is 21.4 Å². The van der Waals surface area contributed by atoms with Crippen LogP contribution in [0.5, 0.6) is 0 Å². The Bertz CT molecular complexity index is 677. The monoisotopic (exact) mass is 251 g/mol. The Balaban J connectivity index is 2.07. The highest BCUT2D eigenvalue weighted by molar-refractivity contribution is 7.99. The van der Waals surface area contributed by atoms with E-state index >= 15 is 0 Å². The Morgan fingerprint density at radius 2 is 1.78 bits per heavy atom. The predicted octanol–water partition coefficient (Wildman–Crippen LogP) is 4.69. The van der Waals surface area contributed by atoms with E-state index < -0.39 is 0 Å². The van der Waals surface area contributed by atoms with Gasteiger partial charge in [0.05, 0.1) is 5.52 Å². The zero-order valence-corrected chi connectivity index (χ0v) is 10.9. The Morgan fingerprint density at radius 3 is 2.61 bits per heavy atom. The minimum absolute atomic E-state index is 1.07. The number of benzene rings is 2. The lowest BCUT2D eigenvalue weighted by atomic mass is 10.1. The molecule has 3 rings (SSSR count). The Hall–Kier alpha value is -1.80. The van der Waals surface area contributed by atoms with Crippen LogP contribution >= 0.6 is 11.8 Å². The maximum absolute atomic E-state index is 4.43. The van der Waals surface area contributed by atoms with Crippen LogP contribution in [0.4, 0.5) is 0 Å². The second-order valence-corrected chi connectivity index (χ2v) is 5.36. The molecule has 0 N–H and O–H groups in total. The SMILES string of the molecule is Cc1ccc2c(Sc3ccccc3)ccnc2c1. The average molecular weight is 251 g/mol. The summed E-state index contributed by atoms with van der Waals surface area (Å²) in [6.45, 7) is 2.10. The first kappa shape index (κ1) is 11.3. The molecule has 88 valence electrons. The molecule has 2 heteroatoms. The van der Waals surface area contributed by atoms with E-state index in [1.54, 1.807) is 11.8 Å². The lowest BCUT2D eigenvalue weighted by molar-refractivity contribution is 1.33. The van der Waals surface area contributed by atoms with Gasteiger partial charge in [-0.2, -0.15) is 0 Å². The van der Waals surface area contributed by atoms with Gasteiger partial charge in [0.1, 0.15) is 0 Å². The summed E-state index contributed by atoms with van der Waals surface area (Å²) in [5.41, 5.74) is 2.31. The van der Waals surface area contributed by atoms with Gasteiger partial charge in [-0.15, -0.1) is 0 Å². The fourth-order valence-electron chi connectivity index (χ4n) is 1.94. The number of nitrogens with zero attached hydrogens (tertiary/aromatic N) is 1. The van der Waals surface area contributed by atoms with Crippen molar-refractivity contribution in [3.8, 4) is 0 Å². The van der Waals surface area contributed by atoms with E-state index in [0.717, 1.165) is 5.52 Å². The van der Waals surface area contributed by atoms with Crippen LogP contribution in [0, 0.1) is 6.92 Å². The Labute approximate surface area is 111 Å². The molecule has 0 radical (unpaired) electrons. The molecule has 1 nitrogen and oxygen atoms in total. The molecule has 0 saturated carbocycles. The topological polar surface area (TPSA) is 12.9 Å². The van der Waals surface area contributed by atoms with Crippen molar-refractivity contribution in [1.29, 1.82) is 0 Å². The third-order valence-electron chi connectivity index (χ3n) is 2.83. The number of aromatic nitrogens is 1. The standard InChI is InChI=1S/C16H13NS/c1-12-7-8-14-15(11-12)17-10-9-16(14)18-13-5-3-2-4-6-13/h2-11H,1H3. The molecule has 0 spiro atoms. The van der Waals surface area contributed by atoms with Gasteiger partial charge in [-0.25, -0.2) is 0 Å². The van der Waals surface area contributed by atoms with Crippen molar-refractivity contribution in [3.63, 3.8) is 0 Å². The largest absolute Gasteiger partial charge is 0.256 e. The lowest BCUT2D eigenvalue weighted by Gasteiger charge is -2.06. The molecule has 18 heavy (non-hydrogen) atoms. The van der Waals surface area contributed by atoms with Gasteiger partial charge in [-0.1, -0.05) is 42.1 Å². The normalized spacial score (nSPS) is 10.7. The number of rotatable bonds is 2. The van der Waals surface area contributed by atoms with Crippen molar-refractivity contribution in [2.75, 3.05) is 0 Å². The zero-order valence-electron chi connectivity index (χ0n) is 10.1. The fourth-order valence-corrected chi connectivity index (χ4v) is 2.90. The van der Waals surface area contributed by atoms with E-state index in [1.165, 1.54) is 20.7 Å². The molecule has 0 amide bonds. The average Bonchev–Trinajstić information content (AvgIpc) is 2.40. The molecule has 0 aliphatic rings. The van der Waals surface area contributed by atoms with Crippen molar-refractivity contribution in [3.05, 3.63) is 66.4 Å². The number of hydrogen-bond donors (Lipinski definition) is 0. The summed E-state index contributed by atoms with van der Waals surface area (Å²) in [6.07, 6.45) is 1.88. The van der Waals surface area contributed by atoms with Gasteiger partial charge in [0.25, 0.3) is 0 Å². The molecule has 0 bridgehead atoms. The van der Waals surface area contributed by atoms with Crippen LogP contribution in [0.15, 0.2) is 70.6 Å². The van der Waals surface area contributed by atoms with Gasteiger partial charge >= 0.3 is 0 Å². The molecular weight excluding hydrogens is 238 g/mol. The Kier molecular flexibility index (Phi) is 3.03. The van der Waals surface area contributed by atoms with Crippen LogP contribution < -0.4 is 0 Å². The maximum Gasteiger partial charge on any atom is 0.0715 e. The maximum atomic E-state index is 4.43. The second kappa shape index (κ2) is 4.83. The van der Waals surface area contributed by atoms with Crippen molar-refractivity contribution in [1.82, 2.24) is 4.98 Å². The predicted molar refractivity (Wildman–Crippen MR) is 77.0 cm³/mol. The molecule has 0 aliphatic carbocycles. The van der Waals surface area contributed by atoms with E-state index in [4.69, 9.17) is 0 Å². The summed E-state index contributed by atoms with van der Waals surface area (Å²) in [5.74, 6) is 0.